The molecule has 1 aromatic carbocycles. The largest absolute Gasteiger partial charge is 0.495 e. The molecule has 0 bridgehead atoms. The molecule has 0 radical (unpaired) electrons. The number of anilines is 2. The number of aromatic nitrogens is 2. The second kappa shape index (κ2) is 6.50. The molecule has 1 aromatic heterocycles. The molecule has 1 N–H and O–H groups in total. The maximum absolute atomic E-state index is 6.15. The highest BCUT2D eigenvalue weighted by Crippen LogP contribution is 2.34. The normalized spacial score (nSPS) is 10.6. The maximum Gasteiger partial charge on any atom is 0.143 e. The second-order valence-electron chi connectivity index (χ2n) is 4.68. The molecule has 0 saturated carbocycles. The summed E-state index contributed by atoms with van der Waals surface area (Å²) in [5.41, 5.74) is 2.54. The monoisotopic (exact) mass is 325 g/mol. The van der Waals surface area contributed by atoms with Crippen LogP contribution in [0.2, 0.25) is 10.2 Å². The van der Waals surface area contributed by atoms with Gasteiger partial charge in [0.25, 0.3) is 0 Å². The summed E-state index contributed by atoms with van der Waals surface area (Å²) in [6.07, 6.45) is 0.714. The van der Waals surface area contributed by atoms with Crippen LogP contribution in [0.3, 0.4) is 0 Å². The number of rotatable bonds is 4. The lowest BCUT2D eigenvalue weighted by Gasteiger charge is -2.15. The predicted octanol–water partition coefficient (Wildman–Crippen LogP) is 4.71. The number of methoxy groups -OCH3 is 1. The molecule has 0 fully saturated rings. The van der Waals surface area contributed by atoms with E-state index >= 15 is 0 Å². The predicted molar refractivity (Wildman–Crippen MR) is 87.2 cm³/mol. The zero-order valence-corrected chi connectivity index (χ0v) is 13.9. The van der Waals surface area contributed by atoms with Crippen molar-refractivity contribution in [3.05, 3.63) is 39.3 Å². The van der Waals surface area contributed by atoms with Gasteiger partial charge in [0.05, 0.1) is 12.8 Å². The fraction of sp³-hybridized carbons (Fsp3) is 0.333. The number of halogens is 2. The molecule has 2 rings (SSSR count). The molecule has 0 amide bonds. The lowest BCUT2D eigenvalue weighted by Crippen LogP contribution is -2.04. The Morgan fingerprint density at radius 1 is 1.19 bits per heavy atom. The average molecular weight is 326 g/mol. The van der Waals surface area contributed by atoms with Crippen molar-refractivity contribution in [1.29, 1.82) is 0 Å². The van der Waals surface area contributed by atoms with Gasteiger partial charge in [-0.2, -0.15) is 0 Å². The standard InChI is InChI=1S/C15H17Cl2N3O/c1-5-13-19-14(17)9(3)15(20-13)18-11-6-8(2)10(16)7-12(11)21-4/h6-7H,5H2,1-4H3,(H,18,19,20). The molecule has 0 spiro atoms. The van der Waals surface area contributed by atoms with Gasteiger partial charge < -0.3 is 10.1 Å². The molecule has 112 valence electrons. The molecule has 6 heteroatoms. The summed E-state index contributed by atoms with van der Waals surface area (Å²) in [7, 11) is 1.60. The highest BCUT2D eigenvalue weighted by Gasteiger charge is 2.12. The Bertz CT molecular complexity index is 674. The number of hydrogen-bond donors (Lipinski definition) is 1. The number of benzene rings is 1. The third-order valence-corrected chi connectivity index (χ3v) is 3.96. The van der Waals surface area contributed by atoms with Gasteiger partial charge in [-0.25, -0.2) is 9.97 Å². The molecule has 0 unspecified atom stereocenters. The van der Waals surface area contributed by atoms with Crippen LogP contribution in [0.5, 0.6) is 5.75 Å². The number of ether oxygens (including phenoxy) is 1. The Morgan fingerprint density at radius 3 is 2.52 bits per heavy atom. The smallest absolute Gasteiger partial charge is 0.143 e. The number of aryl methyl sites for hydroxylation is 2. The summed E-state index contributed by atoms with van der Waals surface area (Å²) < 4.78 is 5.36. The topological polar surface area (TPSA) is 47.0 Å². The quantitative estimate of drug-likeness (QED) is 0.826. The highest BCUT2D eigenvalue weighted by molar-refractivity contribution is 6.31. The maximum atomic E-state index is 6.15. The zero-order chi connectivity index (χ0) is 15.6. The molecular formula is C15H17Cl2N3O. The molecule has 1 heterocycles. The van der Waals surface area contributed by atoms with Gasteiger partial charge in [0, 0.05) is 23.1 Å². The zero-order valence-electron chi connectivity index (χ0n) is 12.4. The van der Waals surface area contributed by atoms with E-state index in [9.17, 15) is 0 Å². The minimum atomic E-state index is 0.453. The molecule has 21 heavy (non-hydrogen) atoms. The number of nitrogens with one attached hydrogen (secondary N) is 1. The second-order valence-corrected chi connectivity index (χ2v) is 5.45. The van der Waals surface area contributed by atoms with Crippen molar-refractivity contribution in [3.63, 3.8) is 0 Å². The van der Waals surface area contributed by atoms with E-state index in [2.05, 4.69) is 15.3 Å². The summed E-state index contributed by atoms with van der Waals surface area (Å²) in [5.74, 6) is 2.02. The van der Waals surface area contributed by atoms with Gasteiger partial charge >= 0.3 is 0 Å². The first kappa shape index (κ1) is 15.9. The van der Waals surface area contributed by atoms with Crippen LogP contribution in [0, 0.1) is 13.8 Å². The summed E-state index contributed by atoms with van der Waals surface area (Å²) in [4.78, 5) is 8.71. The van der Waals surface area contributed by atoms with Crippen LogP contribution >= 0.6 is 23.2 Å². The van der Waals surface area contributed by atoms with Crippen LogP contribution < -0.4 is 10.1 Å². The molecule has 0 aliphatic heterocycles. The first-order valence-electron chi connectivity index (χ1n) is 6.60. The van der Waals surface area contributed by atoms with E-state index < -0.39 is 0 Å². The molecule has 0 aliphatic rings. The Labute approximate surface area is 134 Å². The Morgan fingerprint density at radius 2 is 1.90 bits per heavy atom. The van der Waals surface area contributed by atoms with Gasteiger partial charge in [-0.05, 0) is 25.5 Å². The third-order valence-electron chi connectivity index (χ3n) is 3.18. The molecule has 0 aliphatic carbocycles. The van der Waals surface area contributed by atoms with Crippen LogP contribution in [0.15, 0.2) is 12.1 Å². The minimum Gasteiger partial charge on any atom is -0.495 e. The Balaban J connectivity index is 2.47. The van der Waals surface area contributed by atoms with Crippen LogP contribution in [0.4, 0.5) is 11.5 Å². The Hall–Kier alpha value is -1.52. The minimum absolute atomic E-state index is 0.453. The highest BCUT2D eigenvalue weighted by atomic mass is 35.5. The van der Waals surface area contributed by atoms with E-state index in [1.165, 1.54) is 0 Å². The number of hydrogen-bond acceptors (Lipinski definition) is 4. The van der Waals surface area contributed by atoms with Crippen LogP contribution in [-0.4, -0.2) is 17.1 Å². The van der Waals surface area contributed by atoms with E-state index in [0.29, 0.717) is 34.0 Å². The fourth-order valence-electron chi connectivity index (χ4n) is 1.87. The van der Waals surface area contributed by atoms with Crippen LogP contribution in [0.1, 0.15) is 23.9 Å². The lowest BCUT2D eigenvalue weighted by molar-refractivity contribution is 0.416. The lowest BCUT2D eigenvalue weighted by atomic mass is 10.2. The molecule has 0 atom stereocenters. The fourth-order valence-corrected chi connectivity index (χ4v) is 2.21. The molecule has 4 nitrogen and oxygen atoms in total. The van der Waals surface area contributed by atoms with Crippen molar-refractivity contribution in [2.24, 2.45) is 0 Å². The van der Waals surface area contributed by atoms with Crippen molar-refractivity contribution in [3.8, 4) is 5.75 Å². The van der Waals surface area contributed by atoms with Crippen molar-refractivity contribution in [2.75, 3.05) is 12.4 Å². The van der Waals surface area contributed by atoms with Gasteiger partial charge in [0.15, 0.2) is 0 Å². The Kier molecular flexibility index (Phi) is 4.91. The van der Waals surface area contributed by atoms with Crippen LogP contribution in [-0.2, 0) is 6.42 Å². The van der Waals surface area contributed by atoms with Gasteiger partial charge in [0.1, 0.15) is 22.5 Å². The van der Waals surface area contributed by atoms with Crippen LogP contribution in [0.25, 0.3) is 0 Å². The van der Waals surface area contributed by atoms with E-state index in [1.807, 2.05) is 26.8 Å². The summed E-state index contributed by atoms with van der Waals surface area (Å²) in [6, 6.07) is 3.69. The van der Waals surface area contributed by atoms with Gasteiger partial charge in [-0.15, -0.1) is 0 Å². The average Bonchev–Trinajstić information content (AvgIpc) is 2.47. The van der Waals surface area contributed by atoms with Crippen molar-refractivity contribution >= 4 is 34.7 Å². The SMILES string of the molecule is CCc1nc(Cl)c(C)c(Nc2cc(C)c(Cl)cc2OC)n1. The van der Waals surface area contributed by atoms with Gasteiger partial charge in [-0.1, -0.05) is 30.1 Å². The number of nitrogens with zero attached hydrogens (tertiary/aromatic N) is 2. The van der Waals surface area contributed by atoms with E-state index in [-0.39, 0.29) is 0 Å². The molecule has 0 saturated heterocycles. The van der Waals surface area contributed by atoms with Crippen molar-refractivity contribution in [1.82, 2.24) is 9.97 Å². The van der Waals surface area contributed by atoms with Crippen molar-refractivity contribution < 1.29 is 4.74 Å². The summed E-state index contributed by atoms with van der Waals surface area (Å²) in [6.45, 7) is 5.79. The molecular weight excluding hydrogens is 309 g/mol. The summed E-state index contributed by atoms with van der Waals surface area (Å²) in [5, 5.41) is 4.37. The van der Waals surface area contributed by atoms with E-state index in [0.717, 1.165) is 16.8 Å². The first-order chi connectivity index (χ1) is 9.96. The third kappa shape index (κ3) is 3.39. The van der Waals surface area contributed by atoms with Gasteiger partial charge in [0.2, 0.25) is 0 Å². The van der Waals surface area contributed by atoms with E-state index in [4.69, 9.17) is 27.9 Å². The summed E-state index contributed by atoms with van der Waals surface area (Å²) >= 11 is 12.3. The molecule has 2 aromatic rings. The van der Waals surface area contributed by atoms with Gasteiger partial charge in [-0.3, -0.25) is 0 Å². The van der Waals surface area contributed by atoms with E-state index in [1.54, 1.807) is 13.2 Å². The first-order valence-corrected chi connectivity index (χ1v) is 7.36. The van der Waals surface area contributed by atoms with Crippen molar-refractivity contribution in [2.45, 2.75) is 27.2 Å².